The summed E-state index contributed by atoms with van der Waals surface area (Å²) in [6.07, 6.45) is 0.737. The van der Waals surface area contributed by atoms with E-state index in [1.54, 1.807) is 0 Å². The van der Waals surface area contributed by atoms with Crippen molar-refractivity contribution in [1.82, 2.24) is 14.6 Å². The summed E-state index contributed by atoms with van der Waals surface area (Å²) in [5.41, 5.74) is 1.42. The first kappa shape index (κ1) is 15.0. The van der Waals surface area contributed by atoms with Crippen LogP contribution in [0.1, 0.15) is 12.7 Å². The van der Waals surface area contributed by atoms with Crippen molar-refractivity contribution in [2.24, 2.45) is 0 Å². The molecule has 0 bridgehead atoms. The number of nitrogens with zero attached hydrogens (tertiary/aromatic N) is 3. The molecule has 0 radical (unpaired) electrons. The van der Waals surface area contributed by atoms with Gasteiger partial charge in [0.25, 0.3) is 0 Å². The molecule has 0 aliphatic heterocycles. The fraction of sp³-hybridized carbons (Fsp3) is 0.133. The minimum Gasteiger partial charge on any atom is -0.421 e. The topological polar surface area (TPSA) is 60.4 Å². The molecule has 23 heavy (non-hydrogen) atoms. The van der Waals surface area contributed by atoms with Gasteiger partial charge in [-0.25, -0.2) is 4.79 Å². The molecular weight excluding hydrogens is 446 g/mol. The molecule has 0 atom stereocenters. The van der Waals surface area contributed by atoms with E-state index >= 15 is 0 Å². The van der Waals surface area contributed by atoms with Gasteiger partial charge in [0.2, 0.25) is 4.96 Å². The van der Waals surface area contributed by atoms with Gasteiger partial charge in [-0.2, -0.15) is 0 Å². The van der Waals surface area contributed by atoms with Crippen molar-refractivity contribution in [3.8, 4) is 11.3 Å². The summed E-state index contributed by atoms with van der Waals surface area (Å²) in [5.74, 6) is 0.825. The van der Waals surface area contributed by atoms with Crippen molar-refractivity contribution in [2.75, 3.05) is 0 Å². The Morgan fingerprint density at radius 3 is 2.87 bits per heavy atom. The number of halogens is 2. The Hall–Kier alpha value is -1.51. The van der Waals surface area contributed by atoms with E-state index in [0.717, 1.165) is 37.2 Å². The summed E-state index contributed by atoms with van der Waals surface area (Å²) < 4.78 is 9.08. The molecule has 4 rings (SSSR count). The largest absolute Gasteiger partial charge is 0.421 e. The number of hydrogen-bond acceptors (Lipinski definition) is 5. The molecule has 8 heteroatoms. The summed E-state index contributed by atoms with van der Waals surface area (Å²) in [6, 6.07) is 5.61. The van der Waals surface area contributed by atoms with Crippen LogP contribution >= 0.6 is 43.2 Å². The van der Waals surface area contributed by atoms with Gasteiger partial charge < -0.3 is 4.42 Å². The van der Waals surface area contributed by atoms with Crippen LogP contribution in [0.25, 0.3) is 27.2 Å². The molecule has 0 N–H and O–H groups in total. The van der Waals surface area contributed by atoms with Crippen molar-refractivity contribution in [2.45, 2.75) is 13.3 Å². The first-order valence-corrected chi connectivity index (χ1v) is 9.30. The van der Waals surface area contributed by atoms with Gasteiger partial charge in [0.15, 0.2) is 5.58 Å². The second-order valence-corrected chi connectivity index (χ2v) is 7.57. The van der Waals surface area contributed by atoms with Crippen LogP contribution in [0.15, 0.2) is 41.7 Å². The summed E-state index contributed by atoms with van der Waals surface area (Å²) in [7, 11) is 0. The van der Waals surface area contributed by atoms with E-state index in [1.165, 1.54) is 11.3 Å². The summed E-state index contributed by atoms with van der Waals surface area (Å²) in [6.45, 7) is 2.01. The predicted molar refractivity (Wildman–Crippen MR) is 97.1 cm³/mol. The van der Waals surface area contributed by atoms with Gasteiger partial charge in [-0.15, -0.1) is 21.5 Å². The van der Waals surface area contributed by atoms with Crippen LogP contribution in [0.5, 0.6) is 0 Å². The number of aromatic nitrogens is 3. The fourth-order valence-corrected chi connectivity index (χ4v) is 4.71. The van der Waals surface area contributed by atoms with Crippen LogP contribution in [-0.2, 0) is 6.42 Å². The molecule has 0 aliphatic rings. The highest BCUT2D eigenvalue weighted by Gasteiger charge is 2.17. The van der Waals surface area contributed by atoms with Crippen LogP contribution in [-0.4, -0.2) is 14.6 Å². The molecule has 0 aliphatic carbocycles. The maximum atomic E-state index is 12.5. The maximum Gasteiger partial charge on any atom is 0.345 e. The zero-order valence-corrected chi connectivity index (χ0v) is 15.8. The average Bonchev–Trinajstić information content (AvgIpc) is 3.09. The minimum atomic E-state index is -0.379. The lowest BCUT2D eigenvalue weighted by Gasteiger charge is -2.05. The third-order valence-electron chi connectivity index (χ3n) is 3.56. The van der Waals surface area contributed by atoms with Gasteiger partial charge >= 0.3 is 5.63 Å². The summed E-state index contributed by atoms with van der Waals surface area (Å²) in [4.78, 5) is 13.3. The molecule has 0 saturated heterocycles. The second-order valence-electron chi connectivity index (χ2n) is 4.96. The first-order valence-electron chi connectivity index (χ1n) is 6.83. The van der Waals surface area contributed by atoms with Crippen molar-refractivity contribution in [3.63, 3.8) is 0 Å². The normalized spacial score (nSPS) is 11.6. The minimum absolute atomic E-state index is 0.379. The zero-order valence-electron chi connectivity index (χ0n) is 11.8. The zero-order chi connectivity index (χ0) is 16.1. The number of benzene rings is 1. The molecule has 0 fully saturated rings. The lowest BCUT2D eigenvalue weighted by Crippen LogP contribution is -2.05. The van der Waals surface area contributed by atoms with Gasteiger partial charge in [0.05, 0.1) is 15.7 Å². The number of rotatable bonds is 2. The van der Waals surface area contributed by atoms with E-state index in [1.807, 2.05) is 34.9 Å². The summed E-state index contributed by atoms with van der Waals surface area (Å²) >= 11 is 8.34. The van der Waals surface area contributed by atoms with Crippen molar-refractivity contribution >= 4 is 59.1 Å². The highest BCUT2D eigenvalue weighted by atomic mass is 79.9. The van der Waals surface area contributed by atoms with E-state index in [-0.39, 0.29) is 5.63 Å². The van der Waals surface area contributed by atoms with Crippen LogP contribution < -0.4 is 5.63 Å². The Bertz CT molecular complexity index is 1110. The van der Waals surface area contributed by atoms with Gasteiger partial charge in [-0.1, -0.05) is 22.9 Å². The third kappa shape index (κ3) is 2.36. The molecule has 3 heterocycles. The number of aryl methyl sites for hydroxylation is 1. The van der Waals surface area contributed by atoms with E-state index in [4.69, 9.17) is 4.42 Å². The van der Waals surface area contributed by atoms with Crippen molar-refractivity contribution < 1.29 is 4.42 Å². The van der Waals surface area contributed by atoms with E-state index in [9.17, 15) is 4.79 Å². The van der Waals surface area contributed by atoms with Crippen LogP contribution in [0, 0.1) is 0 Å². The molecule has 0 spiro atoms. The summed E-state index contributed by atoms with van der Waals surface area (Å²) in [5, 5.41) is 11.0. The van der Waals surface area contributed by atoms with Gasteiger partial charge in [-0.05, 0) is 34.1 Å². The van der Waals surface area contributed by atoms with Crippen molar-refractivity contribution in [3.05, 3.63) is 48.8 Å². The quantitative estimate of drug-likeness (QED) is 0.413. The fourth-order valence-electron chi connectivity index (χ4n) is 2.53. The molecule has 1 aromatic carbocycles. The highest BCUT2D eigenvalue weighted by molar-refractivity contribution is 9.11. The molecule has 0 unspecified atom stereocenters. The first-order chi connectivity index (χ1) is 11.1. The van der Waals surface area contributed by atoms with E-state index < -0.39 is 0 Å². The van der Waals surface area contributed by atoms with Gasteiger partial charge in [-0.3, -0.25) is 4.40 Å². The number of thiazole rings is 1. The SMILES string of the molecule is CCc1nnc2scc(-c3cc4cc(Br)cc(Br)c4oc3=O)n12. The smallest absolute Gasteiger partial charge is 0.345 e. The Kier molecular flexibility index (Phi) is 3.62. The lowest BCUT2D eigenvalue weighted by molar-refractivity contribution is 0.561. The van der Waals surface area contributed by atoms with Crippen LogP contribution in [0.2, 0.25) is 0 Å². The van der Waals surface area contributed by atoms with E-state index in [2.05, 4.69) is 42.1 Å². The van der Waals surface area contributed by atoms with Gasteiger partial charge in [0, 0.05) is 21.7 Å². The standard InChI is InChI=1S/C15H9Br2N3O2S/c1-2-12-18-19-15-20(12)11(6-23-15)9-4-7-3-8(16)5-10(17)13(7)22-14(9)21/h3-6H,2H2,1H3. The van der Waals surface area contributed by atoms with E-state index in [0.29, 0.717) is 11.1 Å². The molecular formula is C15H9Br2N3O2S. The lowest BCUT2D eigenvalue weighted by atomic mass is 10.1. The molecule has 0 amide bonds. The molecule has 5 nitrogen and oxygen atoms in total. The average molecular weight is 455 g/mol. The second kappa shape index (κ2) is 5.54. The number of fused-ring (bicyclic) bond motifs is 2. The maximum absolute atomic E-state index is 12.5. The molecule has 116 valence electrons. The molecule has 0 saturated carbocycles. The van der Waals surface area contributed by atoms with Crippen molar-refractivity contribution in [1.29, 1.82) is 0 Å². The van der Waals surface area contributed by atoms with Crippen LogP contribution in [0.4, 0.5) is 0 Å². The van der Waals surface area contributed by atoms with Crippen LogP contribution in [0.3, 0.4) is 0 Å². The Balaban J connectivity index is 2.06. The third-order valence-corrected chi connectivity index (χ3v) is 5.42. The Labute approximate surface area is 151 Å². The predicted octanol–water partition coefficient (Wildman–Crippen LogP) is 4.65. The monoisotopic (exact) mass is 453 g/mol. The number of hydrogen-bond donors (Lipinski definition) is 0. The highest BCUT2D eigenvalue weighted by Crippen LogP contribution is 2.31. The Morgan fingerprint density at radius 2 is 2.09 bits per heavy atom. The van der Waals surface area contributed by atoms with Gasteiger partial charge in [0.1, 0.15) is 5.82 Å². The molecule has 3 aromatic heterocycles. The Morgan fingerprint density at radius 1 is 1.26 bits per heavy atom. The molecule has 4 aromatic rings.